The molecule has 0 amide bonds. The molecule has 0 radical (unpaired) electrons. The molecule has 1 heterocycles. The van der Waals surface area contributed by atoms with E-state index in [9.17, 15) is 22.4 Å². The number of alkyl halides is 3. The number of aromatic carboxylic acids is 1. The van der Waals surface area contributed by atoms with Gasteiger partial charge in [0.2, 0.25) is 0 Å². The molecule has 0 saturated carbocycles. The third-order valence-electron chi connectivity index (χ3n) is 4.19. The second-order valence-corrected chi connectivity index (χ2v) is 6.29. The molecule has 0 aliphatic rings. The molecular formula is C18H13ClF4N2O2. The van der Waals surface area contributed by atoms with Gasteiger partial charge >= 0.3 is 12.1 Å². The zero-order valence-electron chi connectivity index (χ0n) is 13.9. The number of carbonyl (C=O) groups is 1. The summed E-state index contributed by atoms with van der Waals surface area (Å²) in [5, 5.41) is 13.3. The number of carboxylic acid groups (broad SMARTS) is 1. The van der Waals surface area contributed by atoms with Gasteiger partial charge in [-0.15, -0.1) is 0 Å². The zero-order valence-corrected chi connectivity index (χ0v) is 14.7. The van der Waals surface area contributed by atoms with Crippen LogP contribution in [0.4, 0.5) is 17.6 Å². The van der Waals surface area contributed by atoms with E-state index in [1.807, 2.05) is 0 Å². The van der Waals surface area contributed by atoms with Crippen molar-refractivity contribution < 1.29 is 27.5 Å². The molecule has 9 heteroatoms. The number of aromatic nitrogens is 2. The van der Waals surface area contributed by atoms with Crippen LogP contribution in [0.25, 0.3) is 10.9 Å². The van der Waals surface area contributed by atoms with Crippen LogP contribution in [-0.2, 0) is 19.1 Å². The summed E-state index contributed by atoms with van der Waals surface area (Å²) in [5.74, 6) is -2.14. The van der Waals surface area contributed by atoms with Crippen molar-refractivity contribution in [3.8, 4) is 0 Å². The minimum atomic E-state index is -4.63. The van der Waals surface area contributed by atoms with Gasteiger partial charge in [0.25, 0.3) is 0 Å². The molecule has 3 aromatic rings. The molecule has 1 aromatic heterocycles. The first kappa shape index (κ1) is 19.2. The number of hydrogen-bond donors (Lipinski definition) is 1. The van der Waals surface area contributed by atoms with Gasteiger partial charge in [-0.1, -0.05) is 24.6 Å². The smallest absolute Gasteiger partial charge is 0.416 e. The van der Waals surface area contributed by atoms with Crippen LogP contribution in [0.1, 0.15) is 34.1 Å². The van der Waals surface area contributed by atoms with Gasteiger partial charge in [-0.2, -0.15) is 18.3 Å². The first-order valence-corrected chi connectivity index (χ1v) is 8.28. The van der Waals surface area contributed by atoms with Gasteiger partial charge in [0.15, 0.2) is 0 Å². The molecule has 142 valence electrons. The van der Waals surface area contributed by atoms with E-state index in [0.717, 1.165) is 16.8 Å². The summed E-state index contributed by atoms with van der Waals surface area (Å²) >= 11 is 5.98. The largest absolute Gasteiger partial charge is 0.478 e. The molecule has 3 rings (SSSR count). The second-order valence-electron chi connectivity index (χ2n) is 5.88. The van der Waals surface area contributed by atoms with Gasteiger partial charge in [-0.3, -0.25) is 4.68 Å². The van der Waals surface area contributed by atoms with Crippen molar-refractivity contribution in [2.24, 2.45) is 0 Å². The van der Waals surface area contributed by atoms with Crippen LogP contribution in [0.5, 0.6) is 0 Å². The molecule has 2 aromatic carbocycles. The number of aryl methyl sites for hydroxylation is 1. The quantitative estimate of drug-likeness (QED) is 0.616. The van der Waals surface area contributed by atoms with Gasteiger partial charge in [-0.05, 0) is 30.7 Å². The van der Waals surface area contributed by atoms with E-state index >= 15 is 0 Å². The Labute approximate surface area is 156 Å². The normalized spacial score (nSPS) is 11.9. The maximum atomic E-state index is 14.4. The fraction of sp³-hybridized carbons (Fsp3) is 0.222. The summed E-state index contributed by atoms with van der Waals surface area (Å²) in [6.45, 7) is 1.33. The molecule has 0 aliphatic carbocycles. The van der Waals surface area contributed by atoms with Crippen LogP contribution < -0.4 is 0 Å². The van der Waals surface area contributed by atoms with Crippen molar-refractivity contribution in [1.82, 2.24) is 9.78 Å². The number of hydrogen-bond acceptors (Lipinski definition) is 2. The molecular weight excluding hydrogens is 388 g/mol. The average Bonchev–Trinajstić information content (AvgIpc) is 2.94. The van der Waals surface area contributed by atoms with Gasteiger partial charge in [0, 0.05) is 10.6 Å². The lowest BCUT2D eigenvalue weighted by atomic mass is 10.1. The highest BCUT2D eigenvalue weighted by Gasteiger charge is 2.34. The fourth-order valence-electron chi connectivity index (χ4n) is 2.96. The Kier molecular flexibility index (Phi) is 4.86. The molecule has 0 bridgehead atoms. The van der Waals surface area contributed by atoms with E-state index in [1.165, 1.54) is 18.2 Å². The summed E-state index contributed by atoms with van der Waals surface area (Å²) in [7, 11) is 0. The van der Waals surface area contributed by atoms with Gasteiger partial charge in [-0.25, -0.2) is 9.18 Å². The molecule has 27 heavy (non-hydrogen) atoms. The van der Waals surface area contributed by atoms with Crippen molar-refractivity contribution >= 4 is 28.5 Å². The lowest BCUT2D eigenvalue weighted by Crippen LogP contribution is -2.13. The number of fused-ring (bicyclic) bond motifs is 1. The Bertz CT molecular complexity index is 1040. The number of nitrogens with zero attached hydrogens (tertiary/aromatic N) is 2. The van der Waals surface area contributed by atoms with Crippen molar-refractivity contribution in [3.63, 3.8) is 0 Å². The van der Waals surface area contributed by atoms with Crippen LogP contribution >= 0.6 is 11.6 Å². The molecule has 0 aliphatic heterocycles. The van der Waals surface area contributed by atoms with Crippen LogP contribution in [0.15, 0.2) is 30.3 Å². The van der Waals surface area contributed by atoms with Crippen LogP contribution in [0.3, 0.4) is 0 Å². The maximum absolute atomic E-state index is 14.4. The monoisotopic (exact) mass is 400 g/mol. The van der Waals surface area contributed by atoms with E-state index in [1.54, 1.807) is 6.92 Å². The van der Waals surface area contributed by atoms with Crippen LogP contribution in [0, 0.1) is 5.82 Å². The molecule has 1 N–H and O–H groups in total. The molecule has 0 fully saturated rings. The summed E-state index contributed by atoms with van der Waals surface area (Å²) in [6.07, 6.45) is -4.31. The maximum Gasteiger partial charge on any atom is 0.416 e. The third-order valence-corrected chi connectivity index (χ3v) is 4.55. The minimum Gasteiger partial charge on any atom is -0.478 e. The summed E-state index contributed by atoms with van der Waals surface area (Å²) < 4.78 is 55.6. The van der Waals surface area contributed by atoms with Crippen molar-refractivity contribution in [3.05, 3.63) is 63.6 Å². The predicted octanol–water partition coefficient (Wildman–Crippen LogP) is 5.16. The number of rotatable bonds is 4. The van der Waals surface area contributed by atoms with Gasteiger partial charge in [0.05, 0.1) is 34.3 Å². The summed E-state index contributed by atoms with van der Waals surface area (Å²) in [6, 6.07) is 5.47. The zero-order chi connectivity index (χ0) is 19.9. The SMILES string of the molecule is CCc1nn(Cc2c(Cl)cccc2C(F)(F)F)c2cc(C(=O)O)cc(F)c12. The minimum absolute atomic E-state index is 0.0862. The molecule has 0 spiro atoms. The van der Waals surface area contributed by atoms with Crippen molar-refractivity contribution in [2.75, 3.05) is 0 Å². The lowest BCUT2D eigenvalue weighted by Gasteiger charge is -2.15. The molecule has 0 atom stereocenters. The van der Waals surface area contributed by atoms with Crippen LogP contribution in [-0.4, -0.2) is 20.9 Å². The van der Waals surface area contributed by atoms with E-state index in [0.29, 0.717) is 12.1 Å². The Morgan fingerprint density at radius 3 is 2.59 bits per heavy atom. The highest BCUT2D eigenvalue weighted by molar-refractivity contribution is 6.31. The average molecular weight is 401 g/mol. The lowest BCUT2D eigenvalue weighted by molar-refractivity contribution is -0.138. The third kappa shape index (κ3) is 3.49. The Balaban J connectivity index is 2.24. The number of benzene rings is 2. The van der Waals surface area contributed by atoms with Crippen LogP contribution in [0.2, 0.25) is 5.02 Å². The van der Waals surface area contributed by atoms with Crippen molar-refractivity contribution in [2.45, 2.75) is 26.1 Å². The van der Waals surface area contributed by atoms with Gasteiger partial charge < -0.3 is 5.11 Å². The first-order chi connectivity index (χ1) is 12.6. The van der Waals surface area contributed by atoms with Gasteiger partial charge in [0.1, 0.15) is 5.82 Å². The number of halogens is 5. The number of carboxylic acids is 1. The van der Waals surface area contributed by atoms with E-state index in [4.69, 9.17) is 16.7 Å². The van der Waals surface area contributed by atoms with E-state index in [2.05, 4.69) is 5.10 Å². The predicted molar refractivity (Wildman–Crippen MR) is 91.6 cm³/mol. The Morgan fingerprint density at radius 1 is 1.30 bits per heavy atom. The molecule has 4 nitrogen and oxygen atoms in total. The highest BCUT2D eigenvalue weighted by Crippen LogP contribution is 2.36. The Morgan fingerprint density at radius 2 is 2.00 bits per heavy atom. The first-order valence-electron chi connectivity index (χ1n) is 7.90. The standard InChI is InChI=1S/C18H13ClF4N2O2/c1-2-14-16-13(20)6-9(17(26)27)7-15(16)25(24-14)8-10-11(18(21,22)23)4-3-5-12(10)19/h3-7H,2,8H2,1H3,(H,26,27). The molecule has 0 saturated heterocycles. The summed E-state index contributed by atoms with van der Waals surface area (Å²) in [4.78, 5) is 11.2. The van der Waals surface area contributed by atoms with E-state index in [-0.39, 0.29) is 33.6 Å². The Hall–Kier alpha value is -2.61. The highest BCUT2D eigenvalue weighted by atomic mass is 35.5. The van der Waals surface area contributed by atoms with Crippen molar-refractivity contribution in [1.29, 1.82) is 0 Å². The second kappa shape index (κ2) is 6.84. The summed E-state index contributed by atoms with van der Waals surface area (Å²) in [5.41, 5.74) is -1.05. The van der Waals surface area contributed by atoms with E-state index < -0.39 is 23.5 Å². The molecule has 0 unspecified atom stereocenters. The fourth-order valence-corrected chi connectivity index (χ4v) is 3.19. The topological polar surface area (TPSA) is 55.1 Å².